The van der Waals surface area contributed by atoms with Crippen LogP contribution in [0.25, 0.3) is 0 Å². The molecule has 0 fully saturated rings. The molecule has 0 aromatic heterocycles. The Hall–Kier alpha value is 2.67. The minimum atomic E-state index is 0. The van der Waals surface area contributed by atoms with Crippen molar-refractivity contribution in [1.29, 1.82) is 0 Å². The maximum absolute atomic E-state index is 0. The van der Waals surface area contributed by atoms with Crippen LogP contribution in [-0.2, 0) is 53.5 Å². The molecule has 0 rings (SSSR count). The van der Waals surface area contributed by atoms with E-state index in [1.807, 2.05) is 0 Å². The molecule has 4 heteroatoms. The van der Waals surface area contributed by atoms with Gasteiger partial charge in [0.15, 0.2) is 0 Å². The van der Waals surface area contributed by atoms with E-state index in [-0.39, 0.29) is 84.1 Å². The average Bonchev–Trinajstić information content (AvgIpc) is 0. The summed E-state index contributed by atoms with van der Waals surface area (Å²) >= 11 is 0. The molecule has 0 unspecified atom stereocenters. The molecule has 0 heterocycles. The van der Waals surface area contributed by atoms with Gasteiger partial charge in [-0.05, 0) is 0 Å². The third-order valence-electron chi connectivity index (χ3n) is 0. The molecule has 0 saturated carbocycles. The van der Waals surface area contributed by atoms with Gasteiger partial charge in [-0.2, -0.15) is 13.5 Å². The van der Waals surface area contributed by atoms with Crippen LogP contribution in [0.1, 0.15) is 0 Å². The van der Waals surface area contributed by atoms with E-state index in [0.29, 0.717) is 0 Å². The van der Waals surface area contributed by atoms with Gasteiger partial charge in [-0.3, -0.25) is 0 Å². The standard InChI is InChI=1S/Cd.H2S.Se.Zr/h;1H2;;. The summed E-state index contributed by atoms with van der Waals surface area (Å²) in [4.78, 5) is 0. The Bertz CT molecular complexity index is 8.00. The topological polar surface area (TPSA) is 0 Å². The van der Waals surface area contributed by atoms with Crippen LogP contribution in [0.4, 0.5) is 0 Å². The third-order valence-corrected chi connectivity index (χ3v) is 0. The molecule has 0 aliphatic rings. The Morgan fingerprint density at radius 2 is 1.00 bits per heavy atom. The smallest absolute Gasteiger partial charge is 0 e. The van der Waals surface area contributed by atoms with Gasteiger partial charge >= 0.3 is 0 Å². The number of rotatable bonds is 0. The van der Waals surface area contributed by atoms with Crippen molar-refractivity contribution < 1.29 is 53.5 Å². The molecular formula is H2CdSSeZr. The van der Waals surface area contributed by atoms with Crippen molar-refractivity contribution >= 4 is 30.6 Å². The fourth-order valence-electron chi connectivity index (χ4n) is 0. The van der Waals surface area contributed by atoms with Gasteiger partial charge in [0.05, 0.1) is 0 Å². The molecule has 20 valence electrons. The Morgan fingerprint density at radius 3 is 1.00 bits per heavy atom. The van der Waals surface area contributed by atoms with E-state index < -0.39 is 0 Å². The second kappa shape index (κ2) is 17.3. The van der Waals surface area contributed by atoms with Crippen molar-refractivity contribution in [3.05, 3.63) is 0 Å². The van der Waals surface area contributed by atoms with Crippen molar-refractivity contribution in [2.45, 2.75) is 0 Å². The molecule has 0 aromatic carbocycles. The molecule has 0 amide bonds. The maximum atomic E-state index is 0. The van der Waals surface area contributed by atoms with E-state index in [1.54, 1.807) is 0 Å². The predicted molar refractivity (Wildman–Crippen MR) is 16.1 cm³/mol. The Kier molecular flexibility index (Phi) is 130. The van der Waals surface area contributed by atoms with Gasteiger partial charge in [-0.25, -0.2) is 0 Å². The molecule has 0 atom stereocenters. The van der Waals surface area contributed by atoms with E-state index in [2.05, 4.69) is 0 Å². The summed E-state index contributed by atoms with van der Waals surface area (Å²) in [6, 6.07) is 0. The van der Waals surface area contributed by atoms with E-state index >= 15 is 0 Å². The molecular weight excluding hydrogens is 315 g/mol. The Morgan fingerprint density at radius 1 is 1.00 bits per heavy atom. The molecule has 0 N–H and O–H groups in total. The summed E-state index contributed by atoms with van der Waals surface area (Å²) < 4.78 is 0. The van der Waals surface area contributed by atoms with Gasteiger partial charge in [0.25, 0.3) is 0 Å². The van der Waals surface area contributed by atoms with Gasteiger partial charge < -0.3 is 0 Å². The summed E-state index contributed by atoms with van der Waals surface area (Å²) in [6.07, 6.45) is 0. The summed E-state index contributed by atoms with van der Waals surface area (Å²) in [5, 5.41) is 0. The molecule has 0 spiro atoms. The fourth-order valence-corrected chi connectivity index (χ4v) is 0. The third kappa shape index (κ3) is 8.82. The zero-order valence-electron chi connectivity index (χ0n) is 2.12. The number of hydrogen-bond acceptors (Lipinski definition) is 0. The van der Waals surface area contributed by atoms with Crippen molar-refractivity contribution in [2.24, 2.45) is 0 Å². The summed E-state index contributed by atoms with van der Waals surface area (Å²) in [7, 11) is 0. The van der Waals surface area contributed by atoms with E-state index in [1.165, 1.54) is 0 Å². The van der Waals surface area contributed by atoms with Gasteiger partial charge in [0, 0.05) is 70.6 Å². The monoisotopic (exact) mass is 318 g/mol. The van der Waals surface area contributed by atoms with Crippen molar-refractivity contribution in [3.8, 4) is 0 Å². The SMILES string of the molecule is S.[Cd].[Se].[Zr]. The van der Waals surface area contributed by atoms with Gasteiger partial charge in [-0.15, -0.1) is 0 Å². The van der Waals surface area contributed by atoms with Crippen LogP contribution in [0.3, 0.4) is 0 Å². The van der Waals surface area contributed by atoms with Crippen LogP contribution in [0.2, 0.25) is 0 Å². The first-order valence-electron chi connectivity index (χ1n) is 0. The van der Waals surface area contributed by atoms with Gasteiger partial charge in [0.1, 0.15) is 0 Å². The summed E-state index contributed by atoms with van der Waals surface area (Å²) in [5.74, 6) is 0. The predicted octanol–water partition coefficient (Wildman–Crippen LogP) is -0.273. The normalized spacial score (nSPS) is 0. The molecule has 4 heavy (non-hydrogen) atoms. The first-order valence-corrected chi connectivity index (χ1v) is 0. The summed E-state index contributed by atoms with van der Waals surface area (Å²) in [6.45, 7) is 0. The van der Waals surface area contributed by atoms with E-state index in [9.17, 15) is 0 Å². The van der Waals surface area contributed by atoms with Crippen LogP contribution in [0.5, 0.6) is 0 Å². The van der Waals surface area contributed by atoms with E-state index in [0.717, 1.165) is 0 Å². The number of hydrogen-bond donors (Lipinski definition) is 0. The largest absolute Gasteiger partial charge is 0.197 e. The second-order valence-corrected chi connectivity index (χ2v) is 0. The maximum Gasteiger partial charge on any atom is 0 e. The second-order valence-electron chi connectivity index (χ2n) is 0. The van der Waals surface area contributed by atoms with Gasteiger partial charge in [-0.1, -0.05) is 0 Å². The minimum absolute atomic E-state index is 0. The average molecular weight is 317 g/mol. The summed E-state index contributed by atoms with van der Waals surface area (Å²) in [5.41, 5.74) is 0. The van der Waals surface area contributed by atoms with Crippen LogP contribution < -0.4 is 0 Å². The molecule has 0 aromatic rings. The quantitative estimate of drug-likeness (QED) is 0.540. The zero-order valence-corrected chi connectivity index (χ0v) is 11.3. The molecule has 0 saturated heterocycles. The zero-order chi connectivity index (χ0) is 0. The molecule has 0 aliphatic carbocycles. The van der Waals surface area contributed by atoms with Crippen molar-refractivity contribution in [3.63, 3.8) is 0 Å². The van der Waals surface area contributed by atoms with Gasteiger partial charge in [0.2, 0.25) is 0 Å². The van der Waals surface area contributed by atoms with Crippen molar-refractivity contribution in [2.75, 3.05) is 0 Å². The van der Waals surface area contributed by atoms with Crippen LogP contribution in [0, 0.1) is 0 Å². The fraction of sp³-hybridized carbons (Fsp3) is 0. The first-order chi connectivity index (χ1) is 0. The Labute approximate surface area is 82.7 Å². The van der Waals surface area contributed by atoms with E-state index in [4.69, 9.17) is 0 Å². The van der Waals surface area contributed by atoms with Crippen LogP contribution in [0.15, 0.2) is 0 Å². The Balaban J connectivity index is 0. The molecule has 0 bridgehead atoms. The molecule has 0 aliphatic heterocycles. The molecule has 0 nitrogen and oxygen atoms in total. The molecule has 2 radical (unpaired) electrons. The van der Waals surface area contributed by atoms with Crippen molar-refractivity contribution in [1.82, 2.24) is 0 Å². The minimum Gasteiger partial charge on any atom is -0.197 e. The first kappa shape index (κ1) is 30.0. The van der Waals surface area contributed by atoms with Crippen LogP contribution in [-0.4, -0.2) is 17.1 Å². The van der Waals surface area contributed by atoms with Crippen LogP contribution >= 0.6 is 13.5 Å².